The number of piperidine rings is 1. The van der Waals surface area contributed by atoms with Crippen LogP contribution in [0, 0.1) is 0 Å². The lowest BCUT2D eigenvalue weighted by atomic mass is 9.99. The zero-order valence-corrected chi connectivity index (χ0v) is 15.1. The predicted molar refractivity (Wildman–Crippen MR) is 100 cm³/mol. The van der Waals surface area contributed by atoms with Gasteiger partial charge in [0.25, 0.3) is 5.91 Å². The van der Waals surface area contributed by atoms with E-state index in [1.165, 1.54) is 0 Å². The van der Waals surface area contributed by atoms with E-state index in [-0.39, 0.29) is 11.9 Å². The minimum Gasteiger partial charge on any atom is -0.330 e. The van der Waals surface area contributed by atoms with E-state index in [9.17, 15) is 4.79 Å². The van der Waals surface area contributed by atoms with Gasteiger partial charge in [0, 0.05) is 38.4 Å². The Balaban J connectivity index is 1.59. The summed E-state index contributed by atoms with van der Waals surface area (Å²) in [5.74, 6) is 1.54. The van der Waals surface area contributed by atoms with E-state index < -0.39 is 0 Å². The Bertz CT molecular complexity index is 925. The molecule has 1 N–H and O–H groups in total. The van der Waals surface area contributed by atoms with E-state index in [0.717, 1.165) is 25.0 Å². The number of nitrogens with one attached hydrogen (secondary N) is 1. The highest BCUT2D eigenvalue weighted by atomic mass is 16.2. The van der Waals surface area contributed by atoms with Crippen LogP contribution >= 0.6 is 0 Å². The van der Waals surface area contributed by atoms with Gasteiger partial charge >= 0.3 is 0 Å². The first-order valence-corrected chi connectivity index (χ1v) is 9.01. The number of aromatic nitrogens is 5. The molecule has 3 aromatic heterocycles. The maximum absolute atomic E-state index is 13.0. The third kappa shape index (κ3) is 3.64. The fourth-order valence-electron chi connectivity index (χ4n) is 3.35. The highest BCUT2D eigenvalue weighted by Crippen LogP contribution is 2.31. The molecule has 1 fully saturated rings. The maximum atomic E-state index is 13.0. The van der Waals surface area contributed by atoms with Crippen LogP contribution in [0.3, 0.4) is 0 Å². The van der Waals surface area contributed by atoms with Crippen molar-refractivity contribution in [3.8, 4) is 0 Å². The van der Waals surface area contributed by atoms with Crippen molar-refractivity contribution in [3.05, 3.63) is 60.6 Å². The molecule has 0 radical (unpaired) electrons. The Hall–Kier alpha value is -3.29. The number of aryl methyl sites for hydroxylation is 1. The van der Waals surface area contributed by atoms with Crippen LogP contribution in [0.5, 0.6) is 0 Å². The first-order chi connectivity index (χ1) is 13.2. The molecule has 0 aromatic carbocycles. The van der Waals surface area contributed by atoms with Crippen LogP contribution in [0.15, 0.2) is 49.1 Å². The lowest BCUT2D eigenvalue weighted by Gasteiger charge is -2.35. The minimum atomic E-state index is -0.0877. The van der Waals surface area contributed by atoms with Crippen molar-refractivity contribution < 1.29 is 4.79 Å². The fourth-order valence-corrected chi connectivity index (χ4v) is 3.35. The highest BCUT2D eigenvalue weighted by Gasteiger charge is 2.31. The molecule has 1 amide bonds. The van der Waals surface area contributed by atoms with Gasteiger partial charge < -0.3 is 14.8 Å². The number of hydrogen-bond acceptors (Lipinski definition) is 6. The number of amides is 1. The average molecular weight is 363 g/mol. The summed E-state index contributed by atoms with van der Waals surface area (Å²) in [5, 5.41) is 3.11. The Morgan fingerprint density at radius 3 is 2.81 bits per heavy atom. The number of carbonyl (C=O) groups excluding carboxylic acids is 1. The zero-order valence-electron chi connectivity index (χ0n) is 15.1. The number of pyridine rings is 1. The molecule has 0 aliphatic carbocycles. The monoisotopic (exact) mass is 363 g/mol. The summed E-state index contributed by atoms with van der Waals surface area (Å²) >= 11 is 0. The van der Waals surface area contributed by atoms with Gasteiger partial charge in [0.2, 0.25) is 5.95 Å². The van der Waals surface area contributed by atoms with Crippen molar-refractivity contribution in [1.29, 1.82) is 0 Å². The third-order valence-electron chi connectivity index (χ3n) is 4.70. The number of likely N-dealkylation sites (tertiary alicyclic amines) is 1. The topological polar surface area (TPSA) is 88.8 Å². The quantitative estimate of drug-likeness (QED) is 0.767. The van der Waals surface area contributed by atoms with Crippen molar-refractivity contribution in [1.82, 2.24) is 29.4 Å². The van der Waals surface area contributed by atoms with Crippen LogP contribution in [-0.2, 0) is 7.05 Å². The molecule has 0 unspecified atom stereocenters. The van der Waals surface area contributed by atoms with E-state index in [1.54, 1.807) is 29.4 Å². The number of hydrogen-bond donors (Lipinski definition) is 1. The second-order valence-electron chi connectivity index (χ2n) is 6.52. The van der Waals surface area contributed by atoms with E-state index in [4.69, 9.17) is 0 Å². The van der Waals surface area contributed by atoms with Gasteiger partial charge in [0.1, 0.15) is 5.82 Å². The molecule has 0 saturated carbocycles. The molecule has 27 heavy (non-hydrogen) atoms. The molecule has 3 aromatic rings. The fraction of sp³-hybridized carbons (Fsp3) is 0.316. The van der Waals surface area contributed by atoms with Gasteiger partial charge in [-0.15, -0.1) is 0 Å². The highest BCUT2D eigenvalue weighted by molar-refractivity contribution is 5.91. The molecule has 1 aliphatic heterocycles. The third-order valence-corrected chi connectivity index (χ3v) is 4.70. The molecule has 138 valence electrons. The number of carbonyl (C=O) groups is 1. The van der Waals surface area contributed by atoms with Gasteiger partial charge in [-0.25, -0.2) is 19.9 Å². The molecule has 8 heteroatoms. The molecule has 8 nitrogen and oxygen atoms in total. The number of rotatable bonds is 4. The van der Waals surface area contributed by atoms with Crippen molar-refractivity contribution in [2.24, 2.45) is 7.05 Å². The second kappa shape index (κ2) is 7.53. The Morgan fingerprint density at radius 2 is 2.04 bits per heavy atom. The van der Waals surface area contributed by atoms with Crippen LogP contribution < -0.4 is 5.32 Å². The largest absolute Gasteiger partial charge is 0.330 e. The average Bonchev–Trinajstić information content (AvgIpc) is 3.14. The molecule has 0 spiro atoms. The summed E-state index contributed by atoms with van der Waals surface area (Å²) in [7, 11) is 1.83. The van der Waals surface area contributed by atoms with E-state index in [1.807, 2.05) is 36.2 Å². The molecule has 1 aliphatic rings. The predicted octanol–water partition coefficient (Wildman–Crippen LogP) is 2.72. The van der Waals surface area contributed by atoms with Gasteiger partial charge in [-0.2, -0.15) is 0 Å². The summed E-state index contributed by atoms with van der Waals surface area (Å²) in [6, 6.07) is 7.39. The van der Waals surface area contributed by atoms with Gasteiger partial charge in [0.15, 0.2) is 5.82 Å². The Morgan fingerprint density at radius 1 is 1.11 bits per heavy atom. The lowest BCUT2D eigenvalue weighted by molar-refractivity contribution is 0.0589. The maximum Gasteiger partial charge on any atom is 0.290 e. The van der Waals surface area contributed by atoms with Crippen LogP contribution in [0.4, 0.5) is 11.8 Å². The number of imidazole rings is 1. The summed E-state index contributed by atoms with van der Waals surface area (Å²) < 4.78 is 1.75. The first kappa shape index (κ1) is 17.1. The lowest BCUT2D eigenvalue weighted by Crippen LogP contribution is -2.40. The molecule has 1 atom stereocenters. The zero-order chi connectivity index (χ0) is 18.6. The number of nitrogens with zero attached hydrogens (tertiary/aromatic N) is 6. The molecular formula is C19H21N7O. The van der Waals surface area contributed by atoms with Gasteiger partial charge in [-0.3, -0.25) is 4.79 Å². The van der Waals surface area contributed by atoms with Crippen LogP contribution in [-0.4, -0.2) is 41.9 Å². The Kier molecular flexibility index (Phi) is 4.78. The molecule has 4 heterocycles. The summed E-state index contributed by atoms with van der Waals surface area (Å²) in [5.41, 5.74) is 0.825. The number of anilines is 2. The van der Waals surface area contributed by atoms with Crippen molar-refractivity contribution in [2.75, 3.05) is 11.9 Å². The van der Waals surface area contributed by atoms with Gasteiger partial charge in [-0.1, -0.05) is 6.07 Å². The van der Waals surface area contributed by atoms with Crippen LogP contribution in [0.1, 0.15) is 41.6 Å². The summed E-state index contributed by atoms with van der Waals surface area (Å²) in [4.78, 5) is 32.3. The van der Waals surface area contributed by atoms with Gasteiger partial charge in [-0.05, 0) is 37.5 Å². The van der Waals surface area contributed by atoms with E-state index in [0.29, 0.717) is 24.1 Å². The standard InChI is InChI=1S/C19H21N7O/c1-25-13-11-21-17(25)18(27)26-12-5-3-6-15(26)14-8-10-22-19(23-14)24-16-7-2-4-9-20-16/h2,4,7-11,13,15H,3,5-6,12H2,1H3,(H,20,22,23,24)/t15-/m0/s1. The molecule has 0 bridgehead atoms. The molecule has 4 rings (SSSR count). The van der Waals surface area contributed by atoms with Crippen LogP contribution in [0.2, 0.25) is 0 Å². The van der Waals surface area contributed by atoms with Crippen molar-refractivity contribution >= 4 is 17.7 Å². The van der Waals surface area contributed by atoms with Gasteiger partial charge in [0.05, 0.1) is 11.7 Å². The van der Waals surface area contributed by atoms with Crippen LogP contribution in [0.25, 0.3) is 0 Å². The second-order valence-corrected chi connectivity index (χ2v) is 6.52. The van der Waals surface area contributed by atoms with Crippen molar-refractivity contribution in [2.45, 2.75) is 25.3 Å². The summed E-state index contributed by atoms with van der Waals surface area (Å²) in [6.45, 7) is 0.698. The normalized spacial score (nSPS) is 16.9. The first-order valence-electron chi connectivity index (χ1n) is 9.01. The van der Waals surface area contributed by atoms with E-state index >= 15 is 0 Å². The summed E-state index contributed by atoms with van der Waals surface area (Å²) in [6.07, 6.45) is 9.76. The molecule has 1 saturated heterocycles. The SMILES string of the molecule is Cn1ccnc1C(=O)N1CCCC[C@H]1c1ccnc(Nc2ccccn2)n1. The van der Waals surface area contributed by atoms with E-state index in [2.05, 4.69) is 25.3 Å². The molecular weight excluding hydrogens is 342 g/mol. The Labute approximate surface area is 157 Å². The minimum absolute atomic E-state index is 0.0648. The van der Waals surface area contributed by atoms with Crippen molar-refractivity contribution in [3.63, 3.8) is 0 Å². The smallest absolute Gasteiger partial charge is 0.290 e.